The smallest absolute Gasteiger partial charge is 0.311 e. The number of hydrogen-bond acceptors (Lipinski definition) is 4. The van der Waals surface area contributed by atoms with Crippen LogP contribution in [0, 0.1) is 5.92 Å². The predicted octanol–water partition coefficient (Wildman–Crippen LogP) is 5.31. The summed E-state index contributed by atoms with van der Waals surface area (Å²) >= 11 is 17.5. The summed E-state index contributed by atoms with van der Waals surface area (Å²) in [5, 5.41) is 0.566. The van der Waals surface area contributed by atoms with Gasteiger partial charge in [0.2, 0.25) is 0 Å². The molecule has 0 unspecified atom stereocenters. The molecule has 0 amide bonds. The quantitative estimate of drug-likeness (QED) is 0.265. The molecule has 1 aromatic carbocycles. The maximum atomic E-state index is 11.7. The van der Waals surface area contributed by atoms with E-state index in [2.05, 4.69) is 13.8 Å². The number of carbonyl (C=O) groups is 2. The van der Waals surface area contributed by atoms with Gasteiger partial charge in [0.1, 0.15) is 5.75 Å². The van der Waals surface area contributed by atoms with Gasteiger partial charge in [0.15, 0.2) is 0 Å². The zero-order valence-corrected chi connectivity index (χ0v) is 15.3. The Labute approximate surface area is 151 Å². The number of halogens is 3. The summed E-state index contributed by atoms with van der Waals surface area (Å²) in [6.07, 6.45) is 1.69. The molecule has 0 N–H and O–H groups in total. The van der Waals surface area contributed by atoms with Gasteiger partial charge in [-0.3, -0.25) is 9.59 Å². The van der Waals surface area contributed by atoms with Crippen molar-refractivity contribution >= 4 is 46.7 Å². The van der Waals surface area contributed by atoms with Gasteiger partial charge in [-0.2, -0.15) is 0 Å². The number of rotatable bonds is 8. The minimum atomic E-state index is -0.571. The van der Waals surface area contributed by atoms with Crippen LogP contribution in [0.25, 0.3) is 0 Å². The van der Waals surface area contributed by atoms with Crippen LogP contribution in [0.15, 0.2) is 12.1 Å². The van der Waals surface area contributed by atoms with E-state index in [1.165, 1.54) is 12.1 Å². The molecule has 0 aliphatic carbocycles. The third-order valence-electron chi connectivity index (χ3n) is 2.91. The Morgan fingerprint density at radius 2 is 1.61 bits per heavy atom. The van der Waals surface area contributed by atoms with Gasteiger partial charge in [-0.1, -0.05) is 48.7 Å². The van der Waals surface area contributed by atoms with Gasteiger partial charge in [0.05, 0.1) is 34.5 Å². The number of carbonyl (C=O) groups excluding carboxylic acids is 2. The van der Waals surface area contributed by atoms with E-state index in [1.54, 1.807) is 0 Å². The Bertz CT molecular complexity index is 535. The second-order valence-electron chi connectivity index (χ2n) is 5.43. The normalized spacial score (nSPS) is 10.7. The minimum absolute atomic E-state index is 0.0322. The molecular weight excluding hydrogens is 363 g/mol. The van der Waals surface area contributed by atoms with Crippen molar-refractivity contribution in [2.45, 2.75) is 39.5 Å². The predicted molar refractivity (Wildman–Crippen MR) is 91.4 cm³/mol. The second-order valence-corrected chi connectivity index (χ2v) is 6.62. The van der Waals surface area contributed by atoms with Crippen molar-refractivity contribution in [2.24, 2.45) is 5.92 Å². The van der Waals surface area contributed by atoms with Crippen LogP contribution in [0.5, 0.6) is 5.75 Å². The summed E-state index contributed by atoms with van der Waals surface area (Å²) in [4.78, 5) is 23.2. The largest absolute Gasteiger partial charge is 0.466 e. The van der Waals surface area contributed by atoms with E-state index < -0.39 is 11.9 Å². The monoisotopic (exact) mass is 380 g/mol. The third kappa shape index (κ3) is 7.91. The molecule has 0 atom stereocenters. The first kappa shape index (κ1) is 20.1. The SMILES string of the molecule is CC(C)CCCOC(=O)CCC(=O)Oc1cc(Cl)c(Cl)c(Cl)c1. The first-order valence-electron chi connectivity index (χ1n) is 7.30. The molecule has 0 aliphatic rings. The van der Waals surface area contributed by atoms with Crippen LogP contribution in [-0.4, -0.2) is 18.5 Å². The van der Waals surface area contributed by atoms with Gasteiger partial charge < -0.3 is 9.47 Å². The highest BCUT2D eigenvalue weighted by molar-refractivity contribution is 6.48. The fourth-order valence-corrected chi connectivity index (χ4v) is 2.30. The molecule has 0 spiro atoms. The Morgan fingerprint density at radius 1 is 1.04 bits per heavy atom. The zero-order chi connectivity index (χ0) is 17.4. The lowest BCUT2D eigenvalue weighted by Crippen LogP contribution is -2.13. The average molecular weight is 382 g/mol. The molecule has 0 bridgehead atoms. The highest BCUT2D eigenvalue weighted by atomic mass is 35.5. The van der Waals surface area contributed by atoms with Crippen molar-refractivity contribution in [1.82, 2.24) is 0 Å². The van der Waals surface area contributed by atoms with Gasteiger partial charge in [0, 0.05) is 12.1 Å². The van der Waals surface area contributed by atoms with Crippen LogP contribution >= 0.6 is 34.8 Å². The molecule has 1 aromatic rings. The summed E-state index contributed by atoms with van der Waals surface area (Å²) in [6, 6.07) is 2.77. The molecule has 23 heavy (non-hydrogen) atoms. The molecule has 1 rings (SSSR count). The molecule has 0 aromatic heterocycles. The van der Waals surface area contributed by atoms with E-state index >= 15 is 0 Å². The van der Waals surface area contributed by atoms with Gasteiger partial charge in [-0.15, -0.1) is 0 Å². The summed E-state index contributed by atoms with van der Waals surface area (Å²) in [5.41, 5.74) is 0. The van der Waals surface area contributed by atoms with Gasteiger partial charge in [-0.05, 0) is 18.8 Å². The average Bonchev–Trinajstić information content (AvgIpc) is 2.47. The van der Waals surface area contributed by atoms with Crippen molar-refractivity contribution in [2.75, 3.05) is 6.61 Å². The third-order valence-corrected chi connectivity index (χ3v) is 4.11. The van der Waals surface area contributed by atoms with Crippen molar-refractivity contribution in [3.63, 3.8) is 0 Å². The van der Waals surface area contributed by atoms with E-state index in [4.69, 9.17) is 44.3 Å². The van der Waals surface area contributed by atoms with Crippen LogP contribution in [0.3, 0.4) is 0 Å². The van der Waals surface area contributed by atoms with Crippen molar-refractivity contribution < 1.29 is 19.1 Å². The highest BCUT2D eigenvalue weighted by Crippen LogP contribution is 2.34. The highest BCUT2D eigenvalue weighted by Gasteiger charge is 2.13. The first-order valence-corrected chi connectivity index (χ1v) is 8.43. The van der Waals surface area contributed by atoms with Crippen molar-refractivity contribution in [3.05, 3.63) is 27.2 Å². The molecule has 0 aliphatic heterocycles. The van der Waals surface area contributed by atoms with E-state index in [0.717, 1.165) is 12.8 Å². The number of esters is 2. The summed E-state index contributed by atoms with van der Waals surface area (Å²) in [6.45, 7) is 4.58. The molecule has 7 heteroatoms. The Morgan fingerprint density at radius 3 is 2.17 bits per heavy atom. The van der Waals surface area contributed by atoms with Crippen molar-refractivity contribution in [3.8, 4) is 5.75 Å². The van der Waals surface area contributed by atoms with Gasteiger partial charge in [0.25, 0.3) is 0 Å². The van der Waals surface area contributed by atoms with E-state index in [-0.39, 0.29) is 33.7 Å². The number of hydrogen-bond donors (Lipinski definition) is 0. The summed E-state index contributed by atoms with van der Waals surface area (Å²) in [5.74, 6) is -0.238. The molecule has 0 saturated heterocycles. The molecule has 0 saturated carbocycles. The standard InChI is InChI=1S/C16H19Cl3O4/c1-10(2)4-3-7-22-14(20)5-6-15(21)23-11-8-12(17)16(19)13(18)9-11/h8-10H,3-7H2,1-2H3. The molecule has 0 radical (unpaired) electrons. The molecular formula is C16H19Cl3O4. The van der Waals surface area contributed by atoms with Crippen LogP contribution in [-0.2, 0) is 14.3 Å². The fraction of sp³-hybridized carbons (Fsp3) is 0.500. The summed E-state index contributed by atoms with van der Waals surface area (Å²) < 4.78 is 10.1. The van der Waals surface area contributed by atoms with E-state index in [1.807, 2.05) is 0 Å². The van der Waals surface area contributed by atoms with E-state index in [9.17, 15) is 9.59 Å². The maximum absolute atomic E-state index is 11.7. The number of ether oxygens (including phenoxy) is 2. The van der Waals surface area contributed by atoms with E-state index in [0.29, 0.717) is 12.5 Å². The molecule has 0 fully saturated rings. The first-order chi connectivity index (χ1) is 10.8. The van der Waals surface area contributed by atoms with Crippen LogP contribution < -0.4 is 4.74 Å². The molecule has 0 heterocycles. The lowest BCUT2D eigenvalue weighted by Gasteiger charge is -2.08. The lowest BCUT2D eigenvalue weighted by molar-refractivity contribution is -0.147. The van der Waals surface area contributed by atoms with Gasteiger partial charge in [-0.25, -0.2) is 0 Å². The summed E-state index contributed by atoms with van der Waals surface area (Å²) in [7, 11) is 0. The van der Waals surface area contributed by atoms with Crippen LogP contribution in [0.1, 0.15) is 39.5 Å². The maximum Gasteiger partial charge on any atom is 0.311 e. The van der Waals surface area contributed by atoms with Crippen molar-refractivity contribution in [1.29, 1.82) is 0 Å². The fourth-order valence-electron chi connectivity index (χ4n) is 1.73. The second kappa shape index (κ2) is 10.0. The Balaban J connectivity index is 2.33. The lowest BCUT2D eigenvalue weighted by atomic mass is 10.1. The molecule has 128 valence electrons. The van der Waals surface area contributed by atoms with Gasteiger partial charge >= 0.3 is 11.9 Å². The topological polar surface area (TPSA) is 52.6 Å². The number of benzene rings is 1. The van der Waals surface area contributed by atoms with Crippen LogP contribution in [0.4, 0.5) is 0 Å². The molecule has 4 nitrogen and oxygen atoms in total. The minimum Gasteiger partial charge on any atom is -0.466 e. The Hall–Kier alpha value is -0.970. The van der Waals surface area contributed by atoms with Crippen LogP contribution in [0.2, 0.25) is 15.1 Å². The Kier molecular flexibility index (Phi) is 8.74. The zero-order valence-electron chi connectivity index (χ0n) is 13.0.